The van der Waals surface area contributed by atoms with E-state index in [0.717, 1.165) is 0 Å². The van der Waals surface area contributed by atoms with E-state index >= 15 is 0 Å². The van der Waals surface area contributed by atoms with Crippen LogP contribution in [0, 0.1) is 0 Å². The second-order valence-electron chi connectivity index (χ2n) is 5.41. The molecule has 0 aromatic carbocycles. The Morgan fingerprint density at radius 2 is 2.19 bits per heavy atom. The van der Waals surface area contributed by atoms with Crippen molar-refractivity contribution in [3.05, 3.63) is 0 Å². The molecule has 94 valence electrons. The molecule has 4 nitrogen and oxygen atoms in total. The van der Waals surface area contributed by atoms with Crippen LogP contribution < -0.4 is 5.32 Å². The van der Waals surface area contributed by atoms with Gasteiger partial charge in [-0.1, -0.05) is 0 Å². The molecule has 1 atom stereocenters. The summed E-state index contributed by atoms with van der Waals surface area (Å²) in [5.74, 6) is 0. The highest BCUT2D eigenvalue weighted by Crippen LogP contribution is 2.21. The number of hydrogen-bond acceptors (Lipinski definition) is 3. The molecule has 1 aliphatic heterocycles. The first-order valence-corrected chi connectivity index (χ1v) is 5.56. The maximum atomic E-state index is 14.0. The Morgan fingerprint density at radius 3 is 2.62 bits per heavy atom. The van der Waals surface area contributed by atoms with Crippen molar-refractivity contribution in [3.63, 3.8) is 0 Å². The van der Waals surface area contributed by atoms with Crippen LogP contribution >= 0.6 is 0 Å². The standard InChI is InChI=1S/C11H21FN2O2/c1-10(2,3)16-9(15)14(4)8-11(12)5-6-13-7-11/h13H,5-8H2,1-4H3. The Morgan fingerprint density at radius 1 is 1.56 bits per heavy atom. The molecule has 0 aromatic rings. The van der Waals surface area contributed by atoms with E-state index in [0.29, 0.717) is 19.5 Å². The van der Waals surface area contributed by atoms with Crippen molar-refractivity contribution in [2.24, 2.45) is 0 Å². The van der Waals surface area contributed by atoms with Crippen LogP contribution in [0.1, 0.15) is 27.2 Å². The lowest BCUT2D eigenvalue weighted by Crippen LogP contribution is -2.44. The van der Waals surface area contributed by atoms with E-state index in [1.165, 1.54) is 4.90 Å². The smallest absolute Gasteiger partial charge is 0.410 e. The van der Waals surface area contributed by atoms with Gasteiger partial charge in [0.15, 0.2) is 0 Å². The Kier molecular flexibility index (Phi) is 3.78. The molecule has 0 aromatic heterocycles. The highest BCUT2D eigenvalue weighted by Gasteiger charge is 2.36. The molecule has 0 saturated carbocycles. The van der Waals surface area contributed by atoms with Crippen molar-refractivity contribution in [2.45, 2.75) is 38.5 Å². The van der Waals surface area contributed by atoms with Gasteiger partial charge in [0.25, 0.3) is 0 Å². The first kappa shape index (κ1) is 13.2. The molecule has 1 amide bonds. The van der Waals surface area contributed by atoms with E-state index in [4.69, 9.17) is 4.74 Å². The number of carbonyl (C=O) groups excluding carboxylic acids is 1. The summed E-state index contributed by atoms with van der Waals surface area (Å²) in [6.45, 7) is 6.43. The van der Waals surface area contributed by atoms with Crippen molar-refractivity contribution >= 4 is 6.09 Å². The third-order valence-electron chi connectivity index (χ3n) is 2.42. The highest BCUT2D eigenvalue weighted by molar-refractivity contribution is 5.67. The summed E-state index contributed by atoms with van der Waals surface area (Å²) >= 11 is 0. The van der Waals surface area contributed by atoms with E-state index in [9.17, 15) is 9.18 Å². The van der Waals surface area contributed by atoms with Crippen LogP contribution in [-0.4, -0.2) is 48.9 Å². The SMILES string of the molecule is CN(CC1(F)CCNC1)C(=O)OC(C)(C)C. The van der Waals surface area contributed by atoms with Gasteiger partial charge in [-0.3, -0.25) is 0 Å². The lowest BCUT2D eigenvalue weighted by atomic mass is 10.1. The fourth-order valence-corrected chi connectivity index (χ4v) is 1.68. The molecule has 1 unspecified atom stereocenters. The monoisotopic (exact) mass is 232 g/mol. The number of amides is 1. The molecule has 1 aliphatic rings. The minimum atomic E-state index is -1.31. The maximum Gasteiger partial charge on any atom is 0.410 e. The molecule has 0 aliphatic carbocycles. The number of halogens is 1. The second kappa shape index (κ2) is 4.57. The number of nitrogens with zero attached hydrogens (tertiary/aromatic N) is 1. The second-order valence-corrected chi connectivity index (χ2v) is 5.41. The maximum absolute atomic E-state index is 14.0. The molecule has 1 rings (SSSR count). The number of nitrogens with one attached hydrogen (secondary N) is 1. The minimum absolute atomic E-state index is 0.0783. The van der Waals surface area contributed by atoms with Gasteiger partial charge in [-0.05, 0) is 33.7 Å². The summed E-state index contributed by atoms with van der Waals surface area (Å²) in [6.07, 6.45) is -0.0310. The molecular formula is C11H21FN2O2. The topological polar surface area (TPSA) is 41.6 Å². The first-order valence-electron chi connectivity index (χ1n) is 5.56. The Labute approximate surface area is 96.1 Å². The normalized spacial score (nSPS) is 25.6. The first-order chi connectivity index (χ1) is 7.22. The Balaban J connectivity index is 2.45. The van der Waals surface area contributed by atoms with Crippen molar-refractivity contribution < 1.29 is 13.9 Å². The molecule has 0 radical (unpaired) electrons. The van der Waals surface area contributed by atoms with Gasteiger partial charge in [0, 0.05) is 13.6 Å². The van der Waals surface area contributed by atoms with Crippen molar-refractivity contribution in [1.29, 1.82) is 0 Å². The van der Waals surface area contributed by atoms with E-state index in [-0.39, 0.29) is 6.54 Å². The van der Waals surface area contributed by atoms with Crippen LogP contribution in [0.3, 0.4) is 0 Å². The Hall–Kier alpha value is -0.840. The van der Waals surface area contributed by atoms with Crippen LogP contribution in [0.4, 0.5) is 9.18 Å². The van der Waals surface area contributed by atoms with E-state index in [1.54, 1.807) is 27.8 Å². The molecule has 1 N–H and O–H groups in total. The van der Waals surface area contributed by atoms with Gasteiger partial charge in [-0.15, -0.1) is 0 Å². The largest absolute Gasteiger partial charge is 0.444 e. The van der Waals surface area contributed by atoms with Gasteiger partial charge in [-0.25, -0.2) is 9.18 Å². The number of alkyl halides is 1. The zero-order chi connectivity index (χ0) is 12.4. The van der Waals surface area contributed by atoms with Crippen molar-refractivity contribution in [1.82, 2.24) is 10.2 Å². The number of ether oxygens (including phenoxy) is 1. The van der Waals surface area contributed by atoms with Crippen LogP contribution in [0.25, 0.3) is 0 Å². The fraction of sp³-hybridized carbons (Fsp3) is 0.909. The van der Waals surface area contributed by atoms with Crippen molar-refractivity contribution in [3.8, 4) is 0 Å². The van der Waals surface area contributed by atoms with E-state index in [2.05, 4.69) is 5.32 Å². The zero-order valence-electron chi connectivity index (χ0n) is 10.5. The van der Waals surface area contributed by atoms with Gasteiger partial charge in [-0.2, -0.15) is 0 Å². The van der Waals surface area contributed by atoms with Gasteiger partial charge >= 0.3 is 6.09 Å². The third-order valence-corrected chi connectivity index (χ3v) is 2.42. The molecule has 16 heavy (non-hydrogen) atoms. The summed E-state index contributed by atoms with van der Waals surface area (Å²) in [5, 5.41) is 2.95. The molecule has 1 heterocycles. The predicted molar refractivity (Wildman–Crippen MR) is 60.2 cm³/mol. The van der Waals surface area contributed by atoms with Gasteiger partial charge in [0.2, 0.25) is 0 Å². The summed E-state index contributed by atoms with van der Waals surface area (Å²) in [5.41, 5.74) is -1.85. The molecular weight excluding hydrogens is 211 g/mol. The van der Waals surface area contributed by atoms with Crippen LogP contribution in [-0.2, 0) is 4.74 Å². The van der Waals surface area contributed by atoms with Crippen LogP contribution in [0.15, 0.2) is 0 Å². The summed E-state index contributed by atoms with van der Waals surface area (Å²) < 4.78 is 19.2. The highest BCUT2D eigenvalue weighted by atomic mass is 19.1. The molecule has 0 bridgehead atoms. The van der Waals surface area contributed by atoms with E-state index in [1.807, 2.05) is 0 Å². The number of hydrogen-bond donors (Lipinski definition) is 1. The fourth-order valence-electron chi connectivity index (χ4n) is 1.68. The lowest BCUT2D eigenvalue weighted by Gasteiger charge is -2.28. The van der Waals surface area contributed by atoms with Gasteiger partial charge < -0.3 is 15.0 Å². The average Bonchev–Trinajstić information content (AvgIpc) is 2.48. The molecule has 5 heteroatoms. The number of rotatable bonds is 2. The summed E-state index contributed by atoms with van der Waals surface area (Å²) in [4.78, 5) is 12.9. The predicted octanol–water partition coefficient (Wildman–Crippen LogP) is 1.55. The third kappa shape index (κ3) is 3.96. The van der Waals surface area contributed by atoms with E-state index < -0.39 is 17.4 Å². The number of carbonyl (C=O) groups is 1. The molecule has 1 fully saturated rings. The molecule has 1 saturated heterocycles. The summed E-state index contributed by atoms with van der Waals surface area (Å²) in [6, 6.07) is 0. The minimum Gasteiger partial charge on any atom is -0.444 e. The molecule has 0 spiro atoms. The van der Waals surface area contributed by atoms with Crippen molar-refractivity contribution in [2.75, 3.05) is 26.7 Å². The zero-order valence-corrected chi connectivity index (χ0v) is 10.5. The van der Waals surface area contributed by atoms with Gasteiger partial charge in [0.05, 0.1) is 6.54 Å². The lowest BCUT2D eigenvalue weighted by molar-refractivity contribution is 0.0187. The average molecular weight is 232 g/mol. The van der Waals surface area contributed by atoms with Gasteiger partial charge in [0.1, 0.15) is 11.3 Å². The Bertz CT molecular complexity index is 257. The summed E-state index contributed by atoms with van der Waals surface area (Å²) in [7, 11) is 1.56. The van der Waals surface area contributed by atoms with Crippen LogP contribution in [0.2, 0.25) is 0 Å². The van der Waals surface area contributed by atoms with Crippen LogP contribution in [0.5, 0.6) is 0 Å². The quantitative estimate of drug-likeness (QED) is 0.785.